The van der Waals surface area contributed by atoms with Gasteiger partial charge in [-0.1, -0.05) is 12.2 Å². The molecule has 1 saturated heterocycles. The number of ether oxygens (including phenoxy) is 1. The minimum atomic E-state index is -0.745. The van der Waals surface area contributed by atoms with Crippen LogP contribution in [0.3, 0.4) is 0 Å². The van der Waals surface area contributed by atoms with Crippen LogP contribution in [0.25, 0.3) is 0 Å². The second kappa shape index (κ2) is 7.87. The van der Waals surface area contributed by atoms with Crippen molar-refractivity contribution in [3.05, 3.63) is 0 Å². The zero-order valence-electron chi connectivity index (χ0n) is 12.3. The summed E-state index contributed by atoms with van der Waals surface area (Å²) in [5.41, 5.74) is 4.68. The smallest absolute Gasteiger partial charge is 0.236 e. The number of amides is 1. The van der Waals surface area contributed by atoms with E-state index in [1.165, 1.54) is 0 Å². The second-order valence-electron chi connectivity index (χ2n) is 5.54. The molecule has 116 valence electrons. The topological polar surface area (TPSA) is 79.0 Å². The third-order valence-corrected chi connectivity index (χ3v) is 3.72. The molecule has 0 aromatic carbocycles. The van der Waals surface area contributed by atoms with E-state index in [4.69, 9.17) is 22.7 Å². The van der Waals surface area contributed by atoms with Crippen molar-refractivity contribution < 1.29 is 14.6 Å². The first-order chi connectivity index (χ1) is 9.32. The van der Waals surface area contributed by atoms with Gasteiger partial charge in [0.1, 0.15) is 0 Å². The Bertz CT molecular complexity index is 346. The summed E-state index contributed by atoms with van der Waals surface area (Å²) in [7, 11) is 3.57. The number of carbonyl (C=O) groups excluding carboxylic acids is 1. The highest BCUT2D eigenvalue weighted by atomic mass is 32.1. The van der Waals surface area contributed by atoms with Crippen LogP contribution < -0.4 is 5.73 Å². The van der Waals surface area contributed by atoms with Crippen molar-refractivity contribution in [1.29, 1.82) is 0 Å². The van der Waals surface area contributed by atoms with Gasteiger partial charge in [-0.3, -0.25) is 9.69 Å². The number of hydrogen-bond donors (Lipinski definition) is 2. The van der Waals surface area contributed by atoms with E-state index in [9.17, 15) is 9.90 Å². The normalized spacial score (nSPS) is 18.0. The summed E-state index contributed by atoms with van der Waals surface area (Å²) < 4.78 is 5.24. The number of nitrogens with zero attached hydrogens (tertiary/aromatic N) is 2. The van der Waals surface area contributed by atoms with Crippen LogP contribution in [0.4, 0.5) is 0 Å². The molecule has 1 aliphatic heterocycles. The zero-order valence-corrected chi connectivity index (χ0v) is 13.1. The van der Waals surface area contributed by atoms with E-state index in [1.807, 2.05) is 11.9 Å². The lowest BCUT2D eigenvalue weighted by molar-refractivity contribution is -0.132. The molecule has 0 atom stereocenters. The number of hydrogen-bond acceptors (Lipinski definition) is 5. The molecule has 0 aromatic rings. The van der Waals surface area contributed by atoms with Crippen LogP contribution in [-0.4, -0.2) is 78.3 Å². The summed E-state index contributed by atoms with van der Waals surface area (Å²) in [6.45, 7) is 2.43. The Balaban J connectivity index is 2.35. The molecule has 7 heteroatoms. The first kappa shape index (κ1) is 17.3. The first-order valence-corrected chi connectivity index (χ1v) is 7.24. The molecule has 0 aliphatic carbocycles. The van der Waals surface area contributed by atoms with Crippen LogP contribution in [0.2, 0.25) is 0 Å². The van der Waals surface area contributed by atoms with Crippen molar-refractivity contribution in [2.75, 3.05) is 46.9 Å². The average molecular weight is 303 g/mol. The zero-order chi connectivity index (χ0) is 15.2. The number of thiocarbonyl (C=S) groups is 1. The standard InChI is InChI=1S/C13H25N3O3S/c1-15(10-13(18)4-7-19-8-5-13)9-12(17)16(2)6-3-11(14)20/h18H,3-10H2,1-2H3,(H2,14,20). The fourth-order valence-electron chi connectivity index (χ4n) is 2.22. The van der Waals surface area contributed by atoms with Crippen molar-refractivity contribution in [1.82, 2.24) is 9.80 Å². The predicted molar refractivity (Wildman–Crippen MR) is 81.5 cm³/mol. The Labute approximate surface area is 125 Å². The van der Waals surface area contributed by atoms with Crippen LogP contribution in [0.15, 0.2) is 0 Å². The number of likely N-dealkylation sites (N-methyl/N-ethyl adjacent to an activating group) is 2. The van der Waals surface area contributed by atoms with Crippen molar-refractivity contribution >= 4 is 23.1 Å². The largest absolute Gasteiger partial charge is 0.393 e. The quantitative estimate of drug-likeness (QED) is 0.623. The molecule has 1 amide bonds. The summed E-state index contributed by atoms with van der Waals surface area (Å²) in [6, 6.07) is 0. The van der Waals surface area contributed by atoms with Gasteiger partial charge in [0.2, 0.25) is 5.91 Å². The molecular formula is C13H25N3O3S. The second-order valence-corrected chi connectivity index (χ2v) is 6.06. The number of aliphatic hydroxyl groups is 1. The Hall–Kier alpha value is -0.760. The van der Waals surface area contributed by atoms with Crippen molar-refractivity contribution in [2.45, 2.75) is 24.9 Å². The lowest BCUT2D eigenvalue weighted by Crippen LogP contribution is -2.48. The minimum absolute atomic E-state index is 0.000547. The highest BCUT2D eigenvalue weighted by molar-refractivity contribution is 7.80. The molecule has 1 aliphatic rings. The maximum absolute atomic E-state index is 12.0. The van der Waals surface area contributed by atoms with Crippen LogP contribution in [0.5, 0.6) is 0 Å². The maximum atomic E-state index is 12.0. The third-order valence-electron chi connectivity index (χ3n) is 3.51. The van der Waals surface area contributed by atoms with Gasteiger partial charge >= 0.3 is 0 Å². The van der Waals surface area contributed by atoms with Crippen LogP contribution in [0.1, 0.15) is 19.3 Å². The van der Waals surface area contributed by atoms with Crippen LogP contribution in [-0.2, 0) is 9.53 Å². The SMILES string of the molecule is CN(CC(=O)N(C)CCC(N)=S)CC1(O)CCOCC1. The molecule has 3 N–H and O–H groups in total. The van der Waals surface area contributed by atoms with Gasteiger partial charge in [0, 0.05) is 52.6 Å². The van der Waals surface area contributed by atoms with Crippen molar-refractivity contribution in [3.63, 3.8) is 0 Å². The lowest BCUT2D eigenvalue weighted by Gasteiger charge is -2.35. The Morgan fingerprint density at radius 1 is 1.40 bits per heavy atom. The summed E-state index contributed by atoms with van der Waals surface area (Å²) in [4.78, 5) is 15.9. The number of nitrogens with two attached hydrogens (primary N) is 1. The van der Waals surface area contributed by atoms with E-state index in [1.54, 1.807) is 11.9 Å². The van der Waals surface area contributed by atoms with E-state index in [-0.39, 0.29) is 12.5 Å². The summed E-state index contributed by atoms with van der Waals surface area (Å²) in [5, 5.41) is 10.4. The van der Waals surface area contributed by atoms with Gasteiger partial charge in [-0.2, -0.15) is 0 Å². The Morgan fingerprint density at radius 3 is 2.55 bits per heavy atom. The summed E-state index contributed by atoms with van der Waals surface area (Å²) >= 11 is 4.80. The van der Waals surface area contributed by atoms with Gasteiger partial charge in [-0.25, -0.2) is 0 Å². The summed E-state index contributed by atoms with van der Waals surface area (Å²) in [6.07, 6.45) is 1.76. The molecule has 20 heavy (non-hydrogen) atoms. The van der Waals surface area contributed by atoms with E-state index < -0.39 is 5.60 Å². The van der Waals surface area contributed by atoms with Gasteiger partial charge in [-0.15, -0.1) is 0 Å². The number of carbonyl (C=O) groups is 1. The molecule has 1 rings (SSSR count). The molecular weight excluding hydrogens is 278 g/mol. The average Bonchev–Trinajstić information content (AvgIpc) is 2.35. The Morgan fingerprint density at radius 2 is 2.00 bits per heavy atom. The monoisotopic (exact) mass is 303 g/mol. The first-order valence-electron chi connectivity index (χ1n) is 6.83. The highest BCUT2D eigenvalue weighted by Gasteiger charge is 2.31. The lowest BCUT2D eigenvalue weighted by atomic mass is 9.94. The highest BCUT2D eigenvalue weighted by Crippen LogP contribution is 2.21. The molecule has 1 fully saturated rings. The van der Waals surface area contributed by atoms with Gasteiger partial charge < -0.3 is 20.5 Å². The molecule has 0 radical (unpaired) electrons. The van der Waals surface area contributed by atoms with Crippen molar-refractivity contribution in [2.24, 2.45) is 5.73 Å². The molecule has 0 aromatic heterocycles. The molecule has 0 bridgehead atoms. The minimum Gasteiger partial charge on any atom is -0.393 e. The van der Waals surface area contributed by atoms with Gasteiger partial charge in [0.15, 0.2) is 0 Å². The van der Waals surface area contributed by atoms with Crippen LogP contribution in [0, 0.1) is 0 Å². The fraction of sp³-hybridized carbons (Fsp3) is 0.846. The fourth-order valence-corrected chi connectivity index (χ4v) is 2.31. The number of rotatable bonds is 7. The molecule has 0 saturated carbocycles. The Kier molecular flexibility index (Phi) is 6.81. The van der Waals surface area contributed by atoms with Crippen molar-refractivity contribution in [3.8, 4) is 0 Å². The van der Waals surface area contributed by atoms with E-state index in [0.29, 0.717) is 50.6 Å². The van der Waals surface area contributed by atoms with Gasteiger partial charge in [0.05, 0.1) is 17.1 Å². The molecule has 1 heterocycles. The van der Waals surface area contributed by atoms with Gasteiger partial charge in [0.25, 0.3) is 0 Å². The third kappa shape index (κ3) is 6.13. The molecule has 6 nitrogen and oxygen atoms in total. The summed E-state index contributed by atoms with van der Waals surface area (Å²) in [5.74, 6) is -0.000547. The predicted octanol–water partition coefficient (Wildman–Crippen LogP) is -0.406. The van der Waals surface area contributed by atoms with Crippen LogP contribution >= 0.6 is 12.2 Å². The van der Waals surface area contributed by atoms with E-state index in [2.05, 4.69) is 0 Å². The van der Waals surface area contributed by atoms with E-state index in [0.717, 1.165) is 0 Å². The molecule has 0 unspecified atom stereocenters. The molecule has 0 spiro atoms. The maximum Gasteiger partial charge on any atom is 0.236 e. The van der Waals surface area contributed by atoms with Gasteiger partial charge in [-0.05, 0) is 7.05 Å². The van der Waals surface area contributed by atoms with E-state index >= 15 is 0 Å².